The standard InChI is InChI=1S/C11H20ClN3/c1-5-9(6-2)13-7-10-11(12)8(3)14-15(10)4/h9,13H,5-7H2,1-4H3. The Morgan fingerprint density at radius 1 is 1.40 bits per heavy atom. The fourth-order valence-electron chi connectivity index (χ4n) is 1.69. The highest BCUT2D eigenvalue weighted by molar-refractivity contribution is 6.31. The Labute approximate surface area is 96.8 Å². The largest absolute Gasteiger partial charge is 0.308 e. The topological polar surface area (TPSA) is 29.9 Å². The number of rotatable bonds is 5. The Hall–Kier alpha value is -0.540. The summed E-state index contributed by atoms with van der Waals surface area (Å²) in [5.74, 6) is 0. The third-order valence-corrected chi connectivity index (χ3v) is 3.30. The van der Waals surface area contributed by atoms with Gasteiger partial charge >= 0.3 is 0 Å². The molecule has 1 N–H and O–H groups in total. The molecule has 0 amide bonds. The summed E-state index contributed by atoms with van der Waals surface area (Å²) < 4.78 is 1.85. The van der Waals surface area contributed by atoms with Crippen molar-refractivity contribution in [1.82, 2.24) is 15.1 Å². The van der Waals surface area contributed by atoms with Gasteiger partial charge in [-0.05, 0) is 19.8 Å². The summed E-state index contributed by atoms with van der Waals surface area (Å²) in [5, 5.41) is 8.56. The molecule has 1 rings (SSSR count). The van der Waals surface area contributed by atoms with Crippen LogP contribution in [0.5, 0.6) is 0 Å². The van der Waals surface area contributed by atoms with E-state index in [1.165, 1.54) is 0 Å². The predicted octanol–water partition coefficient (Wildman–Crippen LogP) is 2.66. The lowest BCUT2D eigenvalue weighted by atomic mass is 10.2. The van der Waals surface area contributed by atoms with Crippen molar-refractivity contribution in [2.75, 3.05) is 0 Å². The zero-order valence-electron chi connectivity index (χ0n) is 9.97. The third kappa shape index (κ3) is 2.95. The molecule has 0 aliphatic rings. The number of aromatic nitrogens is 2. The fraction of sp³-hybridized carbons (Fsp3) is 0.727. The van der Waals surface area contributed by atoms with Gasteiger partial charge in [-0.1, -0.05) is 25.4 Å². The fourth-order valence-corrected chi connectivity index (χ4v) is 1.92. The van der Waals surface area contributed by atoms with Crippen LogP contribution in [0.15, 0.2) is 0 Å². The van der Waals surface area contributed by atoms with Crippen LogP contribution in [0.25, 0.3) is 0 Å². The van der Waals surface area contributed by atoms with Crippen molar-refractivity contribution in [3.8, 4) is 0 Å². The van der Waals surface area contributed by atoms with Crippen LogP contribution in [-0.4, -0.2) is 15.8 Å². The SMILES string of the molecule is CCC(CC)NCc1c(Cl)c(C)nn1C. The van der Waals surface area contributed by atoms with Gasteiger partial charge in [0.1, 0.15) is 0 Å². The molecule has 0 unspecified atom stereocenters. The zero-order chi connectivity index (χ0) is 11.4. The molecule has 0 aromatic carbocycles. The van der Waals surface area contributed by atoms with Crippen molar-refractivity contribution >= 4 is 11.6 Å². The first-order chi connectivity index (χ1) is 7.10. The van der Waals surface area contributed by atoms with Crippen LogP contribution in [0, 0.1) is 6.92 Å². The first-order valence-corrected chi connectivity index (χ1v) is 5.89. The van der Waals surface area contributed by atoms with E-state index in [0.717, 1.165) is 35.8 Å². The highest BCUT2D eigenvalue weighted by Crippen LogP contribution is 2.19. The van der Waals surface area contributed by atoms with Gasteiger partial charge < -0.3 is 5.32 Å². The highest BCUT2D eigenvalue weighted by Gasteiger charge is 2.11. The number of hydrogen-bond donors (Lipinski definition) is 1. The number of nitrogens with one attached hydrogen (secondary N) is 1. The molecule has 0 aliphatic heterocycles. The smallest absolute Gasteiger partial charge is 0.0860 e. The van der Waals surface area contributed by atoms with Gasteiger partial charge in [0.15, 0.2) is 0 Å². The Balaban J connectivity index is 2.64. The minimum Gasteiger partial charge on any atom is -0.308 e. The molecule has 0 fully saturated rings. The van der Waals surface area contributed by atoms with Gasteiger partial charge in [0.05, 0.1) is 16.4 Å². The van der Waals surface area contributed by atoms with Crippen molar-refractivity contribution in [2.24, 2.45) is 7.05 Å². The summed E-state index contributed by atoms with van der Waals surface area (Å²) in [7, 11) is 1.93. The molecule has 0 radical (unpaired) electrons. The highest BCUT2D eigenvalue weighted by atomic mass is 35.5. The van der Waals surface area contributed by atoms with E-state index in [0.29, 0.717) is 6.04 Å². The zero-order valence-corrected chi connectivity index (χ0v) is 10.7. The second-order valence-corrected chi connectivity index (χ2v) is 4.24. The van der Waals surface area contributed by atoms with Crippen LogP contribution in [0.4, 0.5) is 0 Å². The molecule has 4 heteroatoms. The van der Waals surface area contributed by atoms with Gasteiger partial charge in [-0.2, -0.15) is 5.10 Å². The summed E-state index contributed by atoms with van der Waals surface area (Å²) in [6, 6.07) is 0.566. The van der Waals surface area contributed by atoms with Crippen LogP contribution < -0.4 is 5.32 Å². The number of hydrogen-bond acceptors (Lipinski definition) is 2. The molecule has 1 heterocycles. The summed E-state index contributed by atoms with van der Waals surface area (Å²) >= 11 is 6.16. The van der Waals surface area contributed by atoms with Crippen molar-refractivity contribution in [3.05, 3.63) is 16.4 Å². The Kier molecular flexibility index (Phi) is 4.61. The van der Waals surface area contributed by atoms with Crippen LogP contribution in [0.3, 0.4) is 0 Å². The van der Waals surface area contributed by atoms with Crippen LogP contribution >= 0.6 is 11.6 Å². The van der Waals surface area contributed by atoms with Crippen LogP contribution in [0.2, 0.25) is 5.02 Å². The molecule has 0 spiro atoms. The average Bonchev–Trinajstić information content (AvgIpc) is 2.45. The molecule has 0 bridgehead atoms. The summed E-state index contributed by atoms with van der Waals surface area (Å²) in [4.78, 5) is 0. The maximum atomic E-state index is 6.16. The first kappa shape index (κ1) is 12.5. The first-order valence-electron chi connectivity index (χ1n) is 5.51. The van der Waals surface area contributed by atoms with E-state index in [9.17, 15) is 0 Å². The molecular weight excluding hydrogens is 210 g/mol. The van der Waals surface area contributed by atoms with Gasteiger partial charge in [-0.3, -0.25) is 4.68 Å². The summed E-state index contributed by atoms with van der Waals surface area (Å²) in [6.45, 7) is 7.11. The van der Waals surface area contributed by atoms with Crippen LogP contribution in [0.1, 0.15) is 38.1 Å². The molecule has 0 aliphatic carbocycles. The monoisotopic (exact) mass is 229 g/mol. The van der Waals surface area contributed by atoms with E-state index < -0.39 is 0 Å². The normalized spacial score (nSPS) is 11.3. The lowest BCUT2D eigenvalue weighted by Gasteiger charge is -2.14. The van der Waals surface area contributed by atoms with Crippen molar-refractivity contribution in [3.63, 3.8) is 0 Å². The van der Waals surface area contributed by atoms with Gasteiger partial charge in [0.2, 0.25) is 0 Å². The lowest BCUT2D eigenvalue weighted by molar-refractivity contribution is 0.472. The van der Waals surface area contributed by atoms with Crippen LogP contribution in [-0.2, 0) is 13.6 Å². The van der Waals surface area contributed by atoms with Crippen molar-refractivity contribution < 1.29 is 0 Å². The number of halogens is 1. The van der Waals surface area contributed by atoms with E-state index in [1.807, 2.05) is 18.7 Å². The second kappa shape index (κ2) is 5.52. The Morgan fingerprint density at radius 3 is 2.40 bits per heavy atom. The van der Waals surface area contributed by atoms with E-state index >= 15 is 0 Å². The molecule has 15 heavy (non-hydrogen) atoms. The second-order valence-electron chi connectivity index (χ2n) is 3.86. The van der Waals surface area contributed by atoms with Crippen molar-refractivity contribution in [1.29, 1.82) is 0 Å². The van der Waals surface area contributed by atoms with Gasteiger partial charge in [-0.15, -0.1) is 0 Å². The quantitative estimate of drug-likeness (QED) is 0.842. The average molecular weight is 230 g/mol. The molecule has 3 nitrogen and oxygen atoms in total. The maximum Gasteiger partial charge on any atom is 0.0860 e. The predicted molar refractivity (Wildman–Crippen MR) is 64.2 cm³/mol. The minimum absolute atomic E-state index is 0.566. The summed E-state index contributed by atoms with van der Waals surface area (Å²) in [6.07, 6.45) is 2.29. The lowest BCUT2D eigenvalue weighted by Crippen LogP contribution is -2.28. The molecule has 1 aromatic heterocycles. The molecule has 86 valence electrons. The van der Waals surface area contributed by atoms with Gasteiger partial charge in [0.25, 0.3) is 0 Å². The molecule has 0 saturated carbocycles. The van der Waals surface area contributed by atoms with E-state index in [1.54, 1.807) is 0 Å². The number of nitrogens with zero attached hydrogens (tertiary/aromatic N) is 2. The molecular formula is C11H20ClN3. The molecule has 0 saturated heterocycles. The summed E-state index contributed by atoms with van der Waals surface area (Å²) in [5.41, 5.74) is 1.97. The van der Waals surface area contributed by atoms with E-state index in [4.69, 9.17) is 11.6 Å². The minimum atomic E-state index is 0.566. The molecule has 1 aromatic rings. The van der Waals surface area contributed by atoms with Crippen molar-refractivity contribution in [2.45, 2.75) is 46.2 Å². The van der Waals surface area contributed by atoms with Gasteiger partial charge in [0, 0.05) is 19.6 Å². The molecule has 0 atom stereocenters. The Morgan fingerprint density at radius 2 is 2.00 bits per heavy atom. The maximum absolute atomic E-state index is 6.16. The van der Waals surface area contributed by atoms with Gasteiger partial charge in [-0.25, -0.2) is 0 Å². The van der Waals surface area contributed by atoms with E-state index in [2.05, 4.69) is 24.3 Å². The Bertz CT molecular complexity index is 316. The van der Waals surface area contributed by atoms with E-state index in [-0.39, 0.29) is 0 Å². The third-order valence-electron chi connectivity index (χ3n) is 2.81. The number of aryl methyl sites for hydroxylation is 2.